The molecule has 0 aromatic heterocycles. The number of aromatic carboxylic acids is 2. The molecule has 2 unspecified atom stereocenters. The zero-order valence-electron chi connectivity index (χ0n) is 27.9. The number of carbonyl (C=O) groups excluding carboxylic acids is 3. The number of carboxylic acids is 2. The van der Waals surface area contributed by atoms with Crippen LogP contribution < -0.4 is 16.0 Å². The summed E-state index contributed by atoms with van der Waals surface area (Å²) in [6.07, 6.45) is 7.40. The minimum absolute atomic E-state index is 0.0186. The molecule has 258 valence electrons. The Morgan fingerprint density at radius 2 is 1.14 bits per heavy atom. The van der Waals surface area contributed by atoms with E-state index in [1.165, 1.54) is 38.3 Å². The second kappa shape index (κ2) is 12.1. The van der Waals surface area contributed by atoms with Gasteiger partial charge in [0.1, 0.15) is 6.04 Å². The van der Waals surface area contributed by atoms with Crippen molar-refractivity contribution >= 4 is 35.3 Å². The molecule has 0 radical (unpaired) electrons. The predicted molar refractivity (Wildman–Crippen MR) is 184 cm³/mol. The molecule has 0 saturated heterocycles. The Hall–Kier alpha value is -4.99. The van der Waals surface area contributed by atoms with E-state index in [0.717, 1.165) is 65.3 Å². The third-order valence-corrected chi connectivity index (χ3v) is 12.3. The summed E-state index contributed by atoms with van der Waals surface area (Å²) in [4.78, 5) is 65.6. The average Bonchev–Trinajstić information content (AvgIpc) is 3.09. The van der Waals surface area contributed by atoms with Gasteiger partial charge < -0.3 is 26.2 Å². The summed E-state index contributed by atoms with van der Waals surface area (Å²) in [7, 11) is 0. The first-order chi connectivity index (χ1) is 24.0. The van der Waals surface area contributed by atoms with E-state index in [0.29, 0.717) is 6.54 Å². The molecule has 3 atom stereocenters. The van der Waals surface area contributed by atoms with E-state index in [4.69, 9.17) is 0 Å². The van der Waals surface area contributed by atoms with Gasteiger partial charge in [-0.3, -0.25) is 14.4 Å². The zero-order valence-corrected chi connectivity index (χ0v) is 27.9. The fourth-order valence-electron chi connectivity index (χ4n) is 10.8. The molecule has 3 aromatic carbocycles. The first-order valence-electron chi connectivity index (χ1n) is 17.7. The van der Waals surface area contributed by atoms with Gasteiger partial charge in [0.15, 0.2) is 0 Å². The summed E-state index contributed by atoms with van der Waals surface area (Å²) in [6.45, 7) is 2.13. The molecule has 10 rings (SSSR count). The highest BCUT2D eigenvalue weighted by molar-refractivity contribution is 6.01. The summed E-state index contributed by atoms with van der Waals surface area (Å²) in [5, 5.41) is 27.7. The Bertz CT molecular complexity index is 1820. The van der Waals surface area contributed by atoms with Crippen LogP contribution in [0.4, 0.5) is 5.69 Å². The fraction of sp³-hybridized carbons (Fsp3) is 0.425. The van der Waals surface area contributed by atoms with Crippen LogP contribution >= 0.6 is 0 Å². The maximum atomic E-state index is 14.6. The van der Waals surface area contributed by atoms with Gasteiger partial charge in [-0.15, -0.1) is 0 Å². The number of carbonyl (C=O) groups is 5. The van der Waals surface area contributed by atoms with Gasteiger partial charge in [0.2, 0.25) is 17.7 Å². The number of benzene rings is 3. The first kappa shape index (κ1) is 32.2. The van der Waals surface area contributed by atoms with Crippen LogP contribution in [0.5, 0.6) is 0 Å². The van der Waals surface area contributed by atoms with Gasteiger partial charge in [-0.1, -0.05) is 48.5 Å². The van der Waals surface area contributed by atoms with Gasteiger partial charge in [-0.25, -0.2) is 9.59 Å². The van der Waals surface area contributed by atoms with E-state index in [1.807, 2.05) is 36.4 Å². The first-order valence-corrected chi connectivity index (χ1v) is 17.7. The normalized spacial score (nSPS) is 30.1. The lowest BCUT2D eigenvalue weighted by Gasteiger charge is -2.57. The third-order valence-electron chi connectivity index (χ3n) is 12.3. The number of anilines is 1. The number of rotatable bonds is 9. The van der Waals surface area contributed by atoms with Crippen LogP contribution in [0.15, 0.2) is 66.7 Å². The van der Waals surface area contributed by atoms with E-state index in [2.05, 4.69) is 28.1 Å². The van der Waals surface area contributed by atoms with Crippen LogP contribution in [0.25, 0.3) is 0 Å². The minimum Gasteiger partial charge on any atom is -0.478 e. The number of hydrogen-bond donors (Lipinski definition) is 5. The van der Waals surface area contributed by atoms with Gasteiger partial charge in [0.25, 0.3) is 0 Å². The number of amides is 3. The molecule has 5 N–H and O–H groups in total. The molecule has 7 aliphatic carbocycles. The molecule has 0 aliphatic heterocycles. The van der Waals surface area contributed by atoms with Gasteiger partial charge in [0.05, 0.1) is 23.0 Å². The van der Waals surface area contributed by atoms with E-state index in [1.54, 1.807) is 0 Å². The topological polar surface area (TPSA) is 162 Å². The van der Waals surface area contributed by atoms with Crippen LogP contribution in [0.2, 0.25) is 0 Å². The Balaban J connectivity index is 1.08. The fourth-order valence-corrected chi connectivity index (χ4v) is 10.8. The van der Waals surface area contributed by atoms with Gasteiger partial charge >= 0.3 is 11.9 Å². The quantitative estimate of drug-likeness (QED) is 0.203. The highest BCUT2D eigenvalue weighted by atomic mass is 16.4. The van der Waals surface area contributed by atoms with Gasteiger partial charge in [0, 0.05) is 24.1 Å². The summed E-state index contributed by atoms with van der Waals surface area (Å²) in [6, 6.07) is 18.3. The minimum atomic E-state index is -1.34. The maximum absolute atomic E-state index is 14.6. The summed E-state index contributed by atoms with van der Waals surface area (Å²) in [5.41, 5.74) is 3.62. The molecule has 0 heterocycles. The van der Waals surface area contributed by atoms with Gasteiger partial charge in [-0.05, 0) is 109 Å². The van der Waals surface area contributed by atoms with Crippen LogP contribution in [-0.4, -0.2) is 52.5 Å². The van der Waals surface area contributed by atoms with Crippen molar-refractivity contribution < 1.29 is 34.2 Å². The Morgan fingerprint density at radius 1 is 0.700 bits per heavy atom. The number of carboxylic acid groups (broad SMARTS) is 2. The lowest BCUT2D eigenvalue weighted by atomic mass is 9.49. The average molecular weight is 676 g/mol. The highest BCUT2D eigenvalue weighted by Crippen LogP contribution is 2.61. The van der Waals surface area contributed by atoms with Crippen LogP contribution in [-0.2, 0) is 14.4 Å². The van der Waals surface area contributed by atoms with Crippen molar-refractivity contribution in [2.75, 3.05) is 11.9 Å². The SMILES string of the molecule is C[C@H](NC(=O)C1C2c3ccccc3C(c3ccccc32)C1C(=O)NCC12CC3CC(CC(C3)C1)C2)C(=O)Nc1cc(C(=O)O)cc(C(=O)O)c1. The lowest BCUT2D eigenvalue weighted by Crippen LogP contribution is -2.56. The summed E-state index contributed by atoms with van der Waals surface area (Å²) >= 11 is 0. The monoisotopic (exact) mass is 675 g/mol. The van der Waals surface area contributed by atoms with Crippen molar-refractivity contribution in [1.29, 1.82) is 0 Å². The van der Waals surface area contributed by atoms with Crippen LogP contribution in [0.3, 0.4) is 0 Å². The number of fused-ring (bicyclic) bond motifs is 1. The van der Waals surface area contributed by atoms with Crippen molar-refractivity contribution in [2.45, 2.75) is 63.3 Å². The molecule has 4 fully saturated rings. The highest BCUT2D eigenvalue weighted by Gasteiger charge is 2.56. The van der Waals surface area contributed by atoms with Gasteiger partial charge in [-0.2, -0.15) is 0 Å². The molecular weight excluding hydrogens is 634 g/mol. The second-order valence-electron chi connectivity index (χ2n) is 15.5. The van der Waals surface area contributed by atoms with E-state index >= 15 is 0 Å². The van der Waals surface area contributed by atoms with E-state index in [9.17, 15) is 34.2 Å². The molecule has 4 saturated carbocycles. The Labute approximate surface area is 290 Å². The summed E-state index contributed by atoms with van der Waals surface area (Å²) < 4.78 is 0. The van der Waals surface area contributed by atoms with Crippen molar-refractivity contribution in [3.05, 3.63) is 100 Å². The Kier molecular flexibility index (Phi) is 7.80. The Morgan fingerprint density at radius 3 is 1.58 bits per heavy atom. The summed E-state index contributed by atoms with van der Waals surface area (Å²) in [5.74, 6) is -3.87. The largest absolute Gasteiger partial charge is 0.478 e. The molecule has 3 amide bonds. The second-order valence-corrected chi connectivity index (χ2v) is 15.5. The molecule has 6 bridgehead atoms. The molecule has 50 heavy (non-hydrogen) atoms. The number of hydrogen-bond acceptors (Lipinski definition) is 5. The predicted octanol–water partition coefficient (Wildman–Crippen LogP) is 5.38. The maximum Gasteiger partial charge on any atom is 0.335 e. The van der Waals surface area contributed by atoms with Crippen molar-refractivity contribution in [3.63, 3.8) is 0 Å². The number of nitrogens with one attached hydrogen (secondary N) is 3. The van der Waals surface area contributed by atoms with E-state index < -0.39 is 47.5 Å². The molecule has 10 heteroatoms. The standard InChI is InChI=1S/C40H41N3O7/c1-20(35(44)43-26-14-24(38(47)48)13-25(15-26)39(49)50)42-37(46)34-32-29-8-4-2-6-27(29)31(28-7-3-5-9-30(28)32)33(34)36(45)41-19-40-16-21-10-22(17-40)12-23(11-21)18-40/h2-9,13-15,20-23,31-34H,10-12,16-19H2,1H3,(H,41,45)(H,42,46)(H,43,44)(H,47,48)(H,49,50)/t20-,21?,22?,23?,31?,32?,33?,34?,40?/m0/s1. The van der Waals surface area contributed by atoms with Crippen molar-refractivity contribution in [2.24, 2.45) is 35.0 Å². The lowest BCUT2D eigenvalue weighted by molar-refractivity contribution is -0.139. The van der Waals surface area contributed by atoms with Crippen LogP contribution in [0, 0.1) is 35.0 Å². The van der Waals surface area contributed by atoms with Crippen molar-refractivity contribution in [1.82, 2.24) is 10.6 Å². The van der Waals surface area contributed by atoms with Crippen molar-refractivity contribution in [3.8, 4) is 0 Å². The molecule has 7 aliphatic rings. The molecule has 10 nitrogen and oxygen atoms in total. The zero-order chi connectivity index (χ0) is 34.9. The molecule has 0 spiro atoms. The molecular formula is C40H41N3O7. The third kappa shape index (κ3) is 5.45. The molecule has 3 aromatic rings. The van der Waals surface area contributed by atoms with E-state index in [-0.39, 0.29) is 34.1 Å². The smallest absolute Gasteiger partial charge is 0.335 e. The van der Waals surface area contributed by atoms with Crippen LogP contribution in [0.1, 0.15) is 100 Å².